The summed E-state index contributed by atoms with van der Waals surface area (Å²) in [5.41, 5.74) is 7.53. The van der Waals surface area contributed by atoms with Gasteiger partial charge in [0, 0.05) is 6.20 Å². The lowest BCUT2D eigenvalue weighted by Gasteiger charge is -2.15. The van der Waals surface area contributed by atoms with E-state index in [9.17, 15) is 0 Å². The van der Waals surface area contributed by atoms with Crippen LogP contribution in [0.3, 0.4) is 0 Å². The summed E-state index contributed by atoms with van der Waals surface area (Å²) in [6.07, 6.45) is 3.28. The summed E-state index contributed by atoms with van der Waals surface area (Å²) in [5.74, 6) is 1.77. The van der Waals surface area contributed by atoms with Gasteiger partial charge >= 0.3 is 0 Å². The first-order valence-corrected chi connectivity index (χ1v) is 6.51. The highest BCUT2D eigenvalue weighted by molar-refractivity contribution is 7.80. The molecule has 0 radical (unpaired) electrons. The molecule has 0 aliphatic rings. The number of ether oxygens (including phenoxy) is 1. The fourth-order valence-electron chi connectivity index (χ4n) is 1.83. The van der Waals surface area contributed by atoms with Gasteiger partial charge < -0.3 is 10.5 Å². The summed E-state index contributed by atoms with van der Waals surface area (Å²) in [4.78, 5) is 4.36. The second-order valence-corrected chi connectivity index (χ2v) is 4.97. The largest absolute Gasteiger partial charge is 0.455 e. The first-order valence-electron chi connectivity index (χ1n) is 6.10. The highest BCUT2D eigenvalue weighted by Crippen LogP contribution is 2.31. The minimum atomic E-state index is 0.305. The van der Waals surface area contributed by atoms with E-state index >= 15 is 0 Å². The standard InChI is InChI=1S/C15H16N2OS/c1-10(2)11-5-3-4-6-13(11)18-14-9-17-8-7-12(14)15(16)19/h3-10H,1-2H3,(H2,16,19). The summed E-state index contributed by atoms with van der Waals surface area (Å²) >= 11 is 5.02. The minimum Gasteiger partial charge on any atom is -0.455 e. The zero-order valence-corrected chi connectivity index (χ0v) is 11.8. The molecule has 4 heteroatoms. The maximum Gasteiger partial charge on any atom is 0.155 e. The van der Waals surface area contributed by atoms with Crippen molar-refractivity contribution < 1.29 is 4.74 Å². The van der Waals surface area contributed by atoms with E-state index in [0.29, 0.717) is 22.2 Å². The Labute approximate surface area is 118 Å². The predicted molar refractivity (Wildman–Crippen MR) is 80.7 cm³/mol. The molecule has 2 N–H and O–H groups in total. The van der Waals surface area contributed by atoms with Crippen molar-refractivity contribution >= 4 is 17.2 Å². The molecule has 0 saturated heterocycles. The highest BCUT2D eigenvalue weighted by Gasteiger charge is 2.11. The molecule has 0 atom stereocenters. The van der Waals surface area contributed by atoms with Gasteiger partial charge in [-0.05, 0) is 23.6 Å². The number of nitrogens with zero attached hydrogens (tertiary/aromatic N) is 1. The minimum absolute atomic E-state index is 0.305. The Morgan fingerprint density at radius 3 is 2.63 bits per heavy atom. The second-order valence-electron chi connectivity index (χ2n) is 4.53. The van der Waals surface area contributed by atoms with Gasteiger partial charge in [-0.1, -0.05) is 44.3 Å². The Bertz CT molecular complexity index is 596. The fourth-order valence-corrected chi connectivity index (χ4v) is 2.00. The van der Waals surface area contributed by atoms with E-state index in [1.165, 1.54) is 0 Å². The lowest BCUT2D eigenvalue weighted by Crippen LogP contribution is -2.11. The van der Waals surface area contributed by atoms with E-state index in [1.807, 2.05) is 18.2 Å². The van der Waals surface area contributed by atoms with Gasteiger partial charge in [-0.3, -0.25) is 4.98 Å². The van der Waals surface area contributed by atoms with Crippen molar-refractivity contribution in [1.82, 2.24) is 4.98 Å². The lowest BCUT2D eigenvalue weighted by atomic mass is 10.0. The zero-order chi connectivity index (χ0) is 13.8. The number of hydrogen-bond donors (Lipinski definition) is 1. The molecule has 0 fully saturated rings. The molecular formula is C15H16N2OS. The molecule has 1 aromatic carbocycles. The van der Waals surface area contributed by atoms with Crippen LogP contribution in [0.5, 0.6) is 11.5 Å². The summed E-state index contributed by atoms with van der Waals surface area (Å²) in [6.45, 7) is 4.25. The van der Waals surface area contributed by atoms with Gasteiger partial charge in [-0.15, -0.1) is 0 Å². The van der Waals surface area contributed by atoms with Crippen LogP contribution in [0.4, 0.5) is 0 Å². The molecule has 0 aliphatic carbocycles. The topological polar surface area (TPSA) is 48.1 Å². The molecular weight excluding hydrogens is 256 g/mol. The Kier molecular flexibility index (Phi) is 4.12. The van der Waals surface area contributed by atoms with Crippen molar-refractivity contribution in [3.05, 3.63) is 53.9 Å². The van der Waals surface area contributed by atoms with Crippen molar-refractivity contribution in [3.63, 3.8) is 0 Å². The van der Waals surface area contributed by atoms with Gasteiger partial charge in [0.15, 0.2) is 5.75 Å². The van der Waals surface area contributed by atoms with Crippen LogP contribution in [0.2, 0.25) is 0 Å². The number of benzene rings is 1. The molecule has 0 saturated carbocycles. The van der Waals surface area contributed by atoms with E-state index in [1.54, 1.807) is 18.5 Å². The zero-order valence-electron chi connectivity index (χ0n) is 11.0. The summed E-state index contributed by atoms with van der Waals surface area (Å²) in [6, 6.07) is 9.69. The Balaban J connectivity index is 2.39. The van der Waals surface area contributed by atoms with Gasteiger partial charge in [0.05, 0.1) is 11.8 Å². The molecule has 3 nitrogen and oxygen atoms in total. The number of aromatic nitrogens is 1. The van der Waals surface area contributed by atoms with Gasteiger partial charge in [-0.2, -0.15) is 0 Å². The summed E-state index contributed by atoms with van der Waals surface area (Å²) in [5, 5.41) is 0. The molecule has 1 aromatic heterocycles. The molecule has 0 aliphatic heterocycles. The van der Waals surface area contributed by atoms with Gasteiger partial charge in [0.25, 0.3) is 0 Å². The number of rotatable bonds is 4. The van der Waals surface area contributed by atoms with E-state index in [4.69, 9.17) is 22.7 Å². The maximum absolute atomic E-state index is 5.93. The average molecular weight is 272 g/mol. The van der Waals surface area contributed by atoms with E-state index in [-0.39, 0.29) is 0 Å². The highest BCUT2D eigenvalue weighted by atomic mass is 32.1. The molecule has 19 heavy (non-hydrogen) atoms. The van der Waals surface area contributed by atoms with Crippen LogP contribution in [-0.2, 0) is 0 Å². The maximum atomic E-state index is 5.93. The third-order valence-electron chi connectivity index (χ3n) is 2.81. The normalized spacial score (nSPS) is 10.5. The van der Waals surface area contributed by atoms with E-state index in [2.05, 4.69) is 24.9 Å². The first-order chi connectivity index (χ1) is 9.09. The third-order valence-corrected chi connectivity index (χ3v) is 3.03. The molecule has 0 bridgehead atoms. The fraction of sp³-hybridized carbons (Fsp3) is 0.200. The number of nitrogens with two attached hydrogens (primary N) is 1. The third kappa shape index (κ3) is 3.09. The van der Waals surface area contributed by atoms with Gasteiger partial charge in [0.1, 0.15) is 10.7 Å². The van der Waals surface area contributed by atoms with E-state index < -0.39 is 0 Å². The smallest absolute Gasteiger partial charge is 0.155 e. The Morgan fingerprint density at radius 2 is 1.95 bits per heavy atom. The number of thiocarbonyl (C=S) groups is 1. The average Bonchev–Trinajstić information content (AvgIpc) is 2.39. The monoisotopic (exact) mass is 272 g/mol. The summed E-state index contributed by atoms with van der Waals surface area (Å²) in [7, 11) is 0. The van der Waals surface area contributed by atoms with Crippen LogP contribution in [0.15, 0.2) is 42.7 Å². The summed E-state index contributed by atoms with van der Waals surface area (Å²) < 4.78 is 5.93. The Hall–Kier alpha value is -1.94. The number of para-hydroxylation sites is 1. The predicted octanol–water partition coefficient (Wildman–Crippen LogP) is 3.63. The van der Waals surface area contributed by atoms with Crippen LogP contribution in [0.1, 0.15) is 30.9 Å². The lowest BCUT2D eigenvalue weighted by molar-refractivity contribution is 0.470. The molecule has 0 unspecified atom stereocenters. The SMILES string of the molecule is CC(C)c1ccccc1Oc1cnccc1C(N)=S. The molecule has 2 aromatic rings. The van der Waals surface area contributed by atoms with E-state index in [0.717, 1.165) is 11.3 Å². The van der Waals surface area contributed by atoms with Crippen molar-refractivity contribution in [1.29, 1.82) is 0 Å². The van der Waals surface area contributed by atoms with Crippen molar-refractivity contribution in [2.45, 2.75) is 19.8 Å². The van der Waals surface area contributed by atoms with Crippen molar-refractivity contribution in [3.8, 4) is 11.5 Å². The molecule has 98 valence electrons. The second kappa shape index (κ2) is 5.80. The number of hydrogen-bond acceptors (Lipinski definition) is 3. The van der Waals surface area contributed by atoms with Crippen LogP contribution < -0.4 is 10.5 Å². The molecule has 1 heterocycles. The molecule has 0 amide bonds. The Morgan fingerprint density at radius 1 is 1.21 bits per heavy atom. The van der Waals surface area contributed by atoms with Gasteiger partial charge in [-0.25, -0.2) is 0 Å². The van der Waals surface area contributed by atoms with Gasteiger partial charge in [0.2, 0.25) is 0 Å². The van der Waals surface area contributed by atoms with Crippen LogP contribution in [0.25, 0.3) is 0 Å². The molecule has 2 rings (SSSR count). The van der Waals surface area contributed by atoms with Crippen LogP contribution in [0, 0.1) is 0 Å². The van der Waals surface area contributed by atoms with Crippen molar-refractivity contribution in [2.24, 2.45) is 5.73 Å². The van der Waals surface area contributed by atoms with Crippen LogP contribution >= 0.6 is 12.2 Å². The van der Waals surface area contributed by atoms with Crippen LogP contribution in [-0.4, -0.2) is 9.97 Å². The molecule has 0 spiro atoms. The number of pyridine rings is 1. The van der Waals surface area contributed by atoms with Crippen molar-refractivity contribution in [2.75, 3.05) is 0 Å². The first kappa shape index (κ1) is 13.5. The quantitative estimate of drug-likeness (QED) is 0.863.